The van der Waals surface area contributed by atoms with E-state index in [9.17, 15) is 0 Å². The fourth-order valence-corrected chi connectivity index (χ4v) is 1.58. The van der Waals surface area contributed by atoms with Crippen molar-refractivity contribution in [1.82, 2.24) is 4.98 Å². The third-order valence-electron chi connectivity index (χ3n) is 2.44. The highest BCUT2D eigenvalue weighted by atomic mass is 16.5. The zero-order valence-corrected chi connectivity index (χ0v) is 10.5. The monoisotopic (exact) mass is 234 g/mol. The Labute approximate surface area is 102 Å². The standard InChI is InChI=1S/C12H18N4O/c1-9(2)16(4-5-17-3)12-10(7-13)6-11(14)8-15-12/h6,8-9H,4-5,14H2,1-3H3. The van der Waals surface area contributed by atoms with Crippen LogP contribution in [-0.2, 0) is 4.74 Å². The van der Waals surface area contributed by atoms with Crippen molar-refractivity contribution >= 4 is 11.5 Å². The molecule has 0 saturated heterocycles. The average Bonchev–Trinajstić information content (AvgIpc) is 2.30. The van der Waals surface area contributed by atoms with Gasteiger partial charge in [0.05, 0.1) is 24.1 Å². The van der Waals surface area contributed by atoms with E-state index in [0.29, 0.717) is 30.2 Å². The summed E-state index contributed by atoms with van der Waals surface area (Å²) in [6.45, 7) is 5.39. The van der Waals surface area contributed by atoms with Gasteiger partial charge < -0.3 is 15.4 Å². The summed E-state index contributed by atoms with van der Waals surface area (Å²) in [6, 6.07) is 4.01. The van der Waals surface area contributed by atoms with E-state index < -0.39 is 0 Å². The molecule has 0 radical (unpaired) electrons. The highest BCUT2D eigenvalue weighted by molar-refractivity contribution is 5.59. The highest BCUT2D eigenvalue weighted by Crippen LogP contribution is 2.20. The van der Waals surface area contributed by atoms with Crippen LogP contribution in [-0.4, -0.2) is 31.3 Å². The lowest BCUT2D eigenvalue weighted by molar-refractivity contribution is 0.203. The molecular formula is C12H18N4O. The third kappa shape index (κ3) is 3.33. The number of rotatable bonds is 5. The van der Waals surface area contributed by atoms with Crippen LogP contribution in [0.3, 0.4) is 0 Å². The maximum absolute atomic E-state index is 9.10. The molecule has 0 aliphatic carbocycles. The number of anilines is 2. The minimum absolute atomic E-state index is 0.244. The molecule has 1 rings (SSSR count). The Hall–Kier alpha value is -1.80. The highest BCUT2D eigenvalue weighted by Gasteiger charge is 2.15. The number of ether oxygens (including phenoxy) is 1. The second-order valence-corrected chi connectivity index (χ2v) is 4.03. The molecule has 0 unspecified atom stereocenters. The number of aromatic nitrogens is 1. The number of hydrogen-bond donors (Lipinski definition) is 1. The normalized spacial score (nSPS) is 10.3. The molecule has 1 aromatic heterocycles. The molecule has 5 heteroatoms. The van der Waals surface area contributed by atoms with Gasteiger partial charge in [-0.05, 0) is 19.9 Å². The van der Waals surface area contributed by atoms with Crippen LogP contribution < -0.4 is 10.6 Å². The third-order valence-corrected chi connectivity index (χ3v) is 2.44. The molecule has 0 aromatic carbocycles. The first-order chi connectivity index (χ1) is 8.10. The zero-order valence-electron chi connectivity index (χ0n) is 10.5. The molecule has 5 nitrogen and oxygen atoms in total. The van der Waals surface area contributed by atoms with Crippen LogP contribution in [0, 0.1) is 11.3 Å². The van der Waals surface area contributed by atoms with Gasteiger partial charge in [0.1, 0.15) is 11.9 Å². The van der Waals surface area contributed by atoms with Gasteiger partial charge in [-0.1, -0.05) is 0 Å². The lowest BCUT2D eigenvalue weighted by Gasteiger charge is -2.28. The van der Waals surface area contributed by atoms with Crippen molar-refractivity contribution in [3.05, 3.63) is 17.8 Å². The van der Waals surface area contributed by atoms with Crippen LogP contribution in [0.2, 0.25) is 0 Å². The van der Waals surface area contributed by atoms with Gasteiger partial charge in [-0.15, -0.1) is 0 Å². The van der Waals surface area contributed by atoms with E-state index in [2.05, 4.69) is 24.9 Å². The van der Waals surface area contributed by atoms with Gasteiger partial charge in [-0.25, -0.2) is 4.98 Å². The molecule has 0 fully saturated rings. The van der Waals surface area contributed by atoms with E-state index in [-0.39, 0.29) is 6.04 Å². The van der Waals surface area contributed by atoms with Crippen molar-refractivity contribution in [2.75, 3.05) is 30.9 Å². The van der Waals surface area contributed by atoms with Gasteiger partial charge in [0.25, 0.3) is 0 Å². The summed E-state index contributed by atoms with van der Waals surface area (Å²) in [4.78, 5) is 6.28. The number of hydrogen-bond acceptors (Lipinski definition) is 5. The fourth-order valence-electron chi connectivity index (χ4n) is 1.58. The van der Waals surface area contributed by atoms with E-state index >= 15 is 0 Å². The van der Waals surface area contributed by atoms with Crippen LogP contribution in [0.4, 0.5) is 11.5 Å². The number of nitrogens with zero attached hydrogens (tertiary/aromatic N) is 3. The van der Waals surface area contributed by atoms with Crippen molar-refractivity contribution in [3.63, 3.8) is 0 Å². The Morgan fingerprint density at radius 1 is 1.59 bits per heavy atom. The first-order valence-electron chi connectivity index (χ1n) is 5.51. The van der Waals surface area contributed by atoms with Crippen LogP contribution in [0.25, 0.3) is 0 Å². The predicted molar refractivity (Wildman–Crippen MR) is 67.7 cm³/mol. The summed E-state index contributed by atoms with van der Waals surface area (Å²) in [6.07, 6.45) is 1.57. The van der Waals surface area contributed by atoms with Gasteiger partial charge in [0.15, 0.2) is 0 Å². The van der Waals surface area contributed by atoms with E-state index in [1.807, 2.05) is 4.90 Å². The number of nitrogens with two attached hydrogens (primary N) is 1. The fraction of sp³-hybridized carbons (Fsp3) is 0.500. The van der Waals surface area contributed by atoms with Crippen molar-refractivity contribution in [2.24, 2.45) is 0 Å². The smallest absolute Gasteiger partial charge is 0.146 e. The van der Waals surface area contributed by atoms with Gasteiger partial charge in [0.2, 0.25) is 0 Å². The largest absolute Gasteiger partial charge is 0.397 e. The van der Waals surface area contributed by atoms with E-state index in [0.717, 1.165) is 0 Å². The molecule has 0 saturated carbocycles. The zero-order chi connectivity index (χ0) is 12.8. The molecule has 2 N–H and O–H groups in total. The summed E-state index contributed by atoms with van der Waals surface area (Å²) < 4.78 is 5.06. The van der Waals surface area contributed by atoms with Crippen LogP contribution in [0.5, 0.6) is 0 Å². The van der Waals surface area contributed by atoms with Crippen molar-refractivity contribution in [1.29, 1.82) is 5.26 Å². The van der Waals surface area contributed by atoms with Crippen molar-refractivity contribution < 1.29 is 4.74 Å². The Bertz CT molecular complexity index is 411. The number of nitrogen functional groups attached to an aromatic ring is 1. The Balaban J connectivity index is 3.05. The summed E-state index contributed by atoms with van der Waals surface area (Å²) >= 11 is 0. The second-order valence-electron chi connectivity index (χ2n) is 4.03. The molecular weight excluding hydrogens is 216 g/mol. The van der Waals surface area contributed by atoms with E-state index in [1.54, 1.807) is 19.4 Å². The van der Waals surface area contributed by atoms with Gasteiger partial charge in [-0.2, -0.15) is 5.26 Å². The van der Waals surface area contributed by atoms with Crippen molar-refractivity contribution in [3.8, 4) is 6.07 Å². The van der Waals surface area contributed by atoms with Crippen molar-refractivity contribution in [2.45, 2.75) is 19.9 Å². The van der Waals surface area contributed by atoms with Crippen LogP contribution >= 0.6 is 0 Å². The first kappa shape index (κ1) is 13.3. The lowest BCUT2D eigenvalue weighted by atomic mass is 10.2. The molecule has 0 aliphatic heterocycles. The topological polar surface area (TPSA) is 75.2 Å². The summed E-state index contributed by atoms with van der Waals surface area (Å²) in [5.74, 6) is 0.661. The lowest BCUT2D eigenvalue weighted by Crippen LogP contribution is -2.35. The number of methoxy groups -OCH3 is 1. The molecule has 92 valence electrons. The molecule has 1 aromatic rings. The Kier molecular flexibility index (Phi) is 4.73. The summed E-state index contributed by atoms with van der Waals surface area (Å²) in [7, 11) is 1.65. The van der Waals surface area contributed by atoms with Gasteiger partial charge in [0, 0.05) is 19.7 Å². The van der Waals surface area contributed by atoms with Crippen LogP contribution in [0.1, 0.15) is 19.4 Å². The van der Waals surface area contributed by atoms with Gasteiger partial charge >= 0.3 is 0 Å². The minimum Gasteiger partial charge on any atom is -0.397 e. The maximum Gasteiger partial charge on any atom is 0.146 e. The minimum atomic E-state index is 0.244. The quantitative estimate of drug-likeness (QED) is 0.833. The molecule has 0 bridgehead atoms. The molecule has 0 amide bonds. The number of pyridine rings is 1. The molecule has 0 spiro atoms. The summed E-state index contributed by atoms with van der Waals surface area (Å²) in [5.41, 5.74) is 6.62. The summed E-state index contributed by atoms with van der Waals surface area (Å²) in [5, 5.41) is 9.10. The van der Waals surface area contributed by atoms with E-state index in [4.69, 9.17) is 15.7 Å². The predicted octanol–water partition coefficient (Wildman–Crippen LogP) is 1.40. The molecule has 0 atom stereocenters. The Morgan fingerprint density at radius 2 is 2.29 bits per heavy atom. The average molecular weight is 234 g/mol. The van der Waals surface area contributed by atoms with Crippen LogP contribution in [0.15, 0.2) is 12.3 Å². The molecule has 1 heterocycles. The molecule has 17 heavy (non-hydrogen) atoms. The Morgan fingerprint density at radius 3 is 2.82 bits per heavy atom. The van der Waals surface area contributed by atoms with Gasteiger partial charge in [-0.3, -0.25) is 0 Å². The second kappa shape index (κ2) is 6.06. The van der Waals surface area contributed by atoms with E-state index in [1.165, 1.54) is 0 Å². The maximum atomic E-state index is 9.10. The number of nitriles is 1. The first-order valence-corrected chi connectivity index (χ1v) is 5.51. The molecule has 0 aliphatic rings. The SMILES string of the molecule is COCCN(c1ncc(N)cc1C#N)C(C)C.